The van der Waals surface area contributed by atoms with Crippen molar-refractivity contribution in [1.82, 2.24) is 0 Å². The maximum atomic E-state index is 5.30. The lowest BCUT2D eigenvalue weighted by Crippen LogP contribution is -2.25. The van der Waals surface area contributed by atoms with E-state index >= 15 is 0 Å². The smallest absolute Gasteiger partial charge is 0.0705 e. The van der Waals surface area contributed by atoms with Crippen LogP contribution in [0.15, 0.2) is 12.6 Å². The lowest BCUT2D eigenvalue weighted by molar-refractivity contribution is 2.58. The van der Waals surface area contributed by atoms with Gasteiger partial charge in [0, 0.05) is 29.6 Å². The lowest BCUT2D eigenvalue weighted by atomic mass is 8.98. The summed E-state index contributed by atoms with van der Waals surface area (Å²) in [4.78, 5) is 0. The molecule has 0 amide bonds. The topological polar surface area (TPSA) is 0 Å². The first kappa shape index (κ1) is 7.06. The molecule has 0 aliphatic carbocycles. The summed E-state index contributed by atoms with van der Waals surface area (Å²) in [6.45, 7) is 3.35. The molecule has 0 fully saturated rings. The highest BCUT2D eigenvalue weighted by Crippen LogP contribution is 1.67. The molecular formula is C2H3B5. The quantitative estimate of drug-likeness (QED) is 0.373. The second-order valence-electron chi connectivity index (χ2n) is 1.20. The van der Waals surface area contributed by atoms with Gasteiger partial charge in [-0.25, -0.2) is 0 Å². The predicted molar refractivity (Wildman–Crippen MR) is 39.0 cm³/mol. The summed E-state index contributed by atoms with van der Waals surface area (Å²) >= 11 is 0. The van der Waals surface area contributed by atoms with E-state index in [4.69, 9.17) is 15.5 Å². The number of rotatable bonds is 3. The first-order valence-electron chi connectivity index (χ1n) is 2.07. The molecule has 0 atom stereocenters. The highest BCUT2D eigenvalue weighted by Gasteiger charge is 1.95. The maximum Gasteiger partial charge on any atom is 0.0705 e. The van der Waals surface area contributed by atoms with Gasteiger partial charge in [0.2, 0.25) is 0 Å². The third-order valence-electron chi connectivity index (χ3n) is 0.605. The molecule has 0 heterocycles. The van der Waals surface area contributed by atoms with Gasteiger partial charge in [0.05, 0.1) is 6.49 Å². The zero-order chi connectivity index (χ0) is 5.70. The molecule has 5 heteroatoms. The normalized spacial score (nSPS) is 6.86. The second-order valence-corrected chi connectivity index (χ2v) is 1.20. The molecule has 7 heavy (non-hydrogen) atoms. The van der Waals surface area contributed by atoms with Crippen molar-refractivity contribution in [3.8, 4) is 0 Å². The van der Waals surface area contributed by atoms with Crippen LogP contribution in [0.3, 0.4) is 0 Å². The molecule has 0 aliphatic heterocycles. The van der Waals surface area contributed by atoms with E-state index < -0.39 is 0 Å². The van der Waals surface area contributed by atoms with Crippen LogP contribution < -0.4 is 0 Å². The van der Waals surface area contributed by atoms with E-state index in [9.17, 15) is 0 Å². The van der Waals surface area contributed by atoms with Crippen molar-refractivity contribution in [1.29, 1.82) is 0 Å². The molecule has 0 aliphatic rings. The second kappa shape index (κ2) is 4.23. The Labute approximate surface area is 49.4 Å². The third kappa shape index (κ3) is 3.91. The van der Waals surface area contributed by atoms with E-state index in [-0.39, 0.29) is 6.49 Å². The van der Waals surface area contributed by atoms with Crippen molar-refractivity contribution in [3.05, 3.63) is 12.6 Å². The molecule has 0 bridgehead atoms. The van der Waals surface area contributed by atoms with E-state index in [1.165, 1.54) is 7.06 Å². The van der Waals surface area contributed by atoms with Gasteiger partial charge in [0.25, 0.3) is 0 Å². The Hall–Kier alpha value is 0.0647. The zero-order valence-corrected chi connectivity index (χ0v) is 4.17. The Bertz CT molecular complexity index is 52.0. The summed E-state index contributed by atoms with van der Waals surface area (Å²) < 4.78 is 0. The fourth-order valence-electron chi connectivity index (χ4n) is 0.207. The van der Waals surface area contributed by atoms with Crippen LogP contribution in [0.25, 0.3) is 0 Å². The van der Waals surface area contributed by atoms with Gasteiger partial charge in [-0.2, -0.15) is 0 Å². The van der Waals surface area contributed by atoms with Crippen molar-refractivity contribution in [2.75, 3.05) is 0 Å². The molecule has 0 spiro atoms. The van der Waals surface area contributed by atoms with Crippen LogP contribution in [-0.4, -0.2) is 36.1 Å². The van der Waals surface area contributed by atoms with Crippen LogP contribution in [-0.2, 0) is 0 Å². The average Bonchev–Trinajstić information content (AvgIpc) is 1.68. The van der Waals surface area contributed by atoms with E-state index in [1.54, 1.807) is 13.0 Å². The molecule has 0 aromatic carbocycles. The molecule has 0 nitrogen and oxygen atoms in total. The number of hydrogen-bond acceptors (Lipinski definition) is 0. The minimum atomic E-state index is -0.0926. The summed E-state index contributed by atoms with van der Waals surface area (Å²) in [5.41, 5.74) is 0. The lowest BCUT2D eigenvalue weighted by Gasteiger charge is -1.92. The standard InChI is InChI=1S/C2H3B5/c1-2-7(4)6-5-3/h2H,1H2. The monoisotopic (exact) mass is 82.1 g/mol. The molecule has 0 aromatic rings. The molecule has 0 rings (SSSR count). The van der Waals surface area contributed by atoms with E-state index in [1.807, 2.05) is 0 Å². The summed E-state index contributed by atoms with van der Waals surface area (Å²) in [6.07, 6.45) is 0. The van der Waals surface area contributed by atoms with Gasteiger partial charge in [-0.1, -0.05) is 0 Å². The summed E-state index contributed by atoms with van der Waals surface area (Å²) in [5.74, 6) is 1.61. The van der Waals surface area contributed by atoms with Gasteiger partial charge in [0.15, 0.2) is 0 Å². The molecule has 0 saturated carbocycles. The largest absolute Gasteiger partial charge is 0.141 e. The summed E-state index contributed by atoms with van der Waals surface area (Å²) in [5, 5.41) is 0. The van der Waals surface area contributed by atoms with E-state index in [0.717, 1.165) is 0 Å². The van der Waals surface area contributed by atoms with Crippen molar-refractivity contribution in [2.24, 2.45) is 0 Å². The first-order chi connectivity index (χ1) is 3.31. The molecule has 0 aromatic heterocycles. The van der Waals surface area contributed by atoms with Gasteiger partial charge < -0.3 is 0 Å². The van der Waals surface area contributed by atoms with Crippen LogP contribution in [0.1, 0.15) is 0 Å². The Morgan fingerprint density at radius 3 is 2.43 bits per heavy atom. The Morgan fingerprint density at radius 2 is 2.29 bits per heavy atom. The third-order valence-corrected chi connectivity index (χ3v) is 0.605. The van der Waals surface area contributed by atoms with Crippen molar-refractivity contribution >= 4 is 36.1 Å². The summed E-state index contributed by atoms with van der Waals surface area (Å²) in [7, 11) is 13.4. The molecule has 6 radical (unpaired) electrons. The Balaban J connectivity index is 2.98. The van der Waals surface area contributed by atoms with Crippen LogP contribution in [0.5, 0.6) is 0 Å². The minimum absolute atomic E-state index is 0.0926. The highest BCUT2D eigenvalue weighted by atomic mass is 13.2. The first-order valence-corrected chi connectivity index (χ1v) is 2.07. The zero-order valence-electron chi connectivity index (χ0n) is 4.17. The van der Waals surface area contributed by atoms with Crippen molar-refractivity contribution in [2.45, 2.75) is 0 Å². The minimum Gasteiger partial charge on any atom is -0.141 e. The molecule has 0 N–H and O–H groups in total. The molecular weight excluding hydrogens is 78.1 g/mol. The Morgan fingerprint density at radius 1 is 1.71 bits per heavy atom. The van der Waals surface area contributed by atoms with Gasteiger partial charge in [-0.3, -0.25) is 0 Å². The predicted octanol–water partition coefficient (Wildman–Crippen LogP) is -1.22. The molecule has 26 valence electrons. The van der Waals surface area contributed by atoms with Crippen molar-refractivity contribution in [3.63, 3.8) is 0 Å². The van der Waals surface area contributed by atoms with E-state index in [2.05, 4.69) is 6.58 Å². The van der Waals surface area contributed by atoms with E-state index in [0.29, 0.717) is 0 Å². The fraction of sp³-hybridized carbons (Fsp3) is 0. The van der Waals surface area contributed by atoms with Crippen LogP contribution in [0.4, 0.5) is 0 Å². The van der Waals surface area contributed by atoms with Crippen molar-refractivity contribution < 1.29 is 0 Å². The maximum absolute atomic E-state index is 5.30. The van der Waals surface area contributed by atoms with Crippen LogP contribution >= 0.6 is 0 Å². The van der Waals surface area contributed by atoms with Gasteiger partial charge >= 0.3 is 0 Å². The van der Waals surface area contributed by atoms with Crippen LogP contribution in [0, 0.1) is 0 Å². The SMILES string of the molecule is [B][B][B]B([B])C=C. The molecule has 0 saturated heterocycles. The van der Waals surface area contributed by atoms with Crippen LogP contribution in [0.2, 0.25) is 0 Å². The average molecular weight is 81.1 g/mol. The summed E-state index contributed by atoms with van der Waals surface area (Å²) in [6, 6.07) is 0. The van der Waals surface area contributed by atoms with Gasteiger partial charge in [-0.15, -0.1) is 12.6 Å². The van der Waals surface area contributed by atoms with Gasteiger partial charge in [0.1, 0.15) is 0 Å². The van der Waals surface area contributed by atoms with Gasteiger partial charge in [-0.05, 0) is 0 Å². The molecule has 0 unspecified atom stereocenters. The number of hydrogen-bond donors (Lipinski definition) is 0. The Kier molecular flexibility index (Phi) is 4.27. The fourth-order valence-corrected chi connectivity index (χ4v) is 0.207. The highest BCUT2D eigenvalue weighted by molar-refractivity contribution is 7.56.